The zero-order valence-corrected chi connectivity index (χ0v) is 10.4. The van der Waals surface area contributed by atoms with E-state index in [0.717, 1.165) is 6.42 Å². The van der Waals surface area contributed by atoms with Gasteiger partial charge in [-0.2, -0.15) is 0 Å². The van der Waals surface area contributed by atoms with E-state index in [4.69, 9.17) is 16.3 Å². The summed E-state index contributed by atoms with van der Waals surface area (Å²) in [5.74, 6) is 0.746. The van der Waals surface area contributed by atoms with Gasteiger partial charge >= 0.3 is 5.97 Å². The van der Waals surface area contributed by atoms with Crippen LogP contribution >= 0.6 is 11.6 Å². The third-order valence-electron chi connectivity index (χ3n) is 1.93. The maximum Gasteiger partial charge on any atom is 0.322 e. The molecule has 0 saturated carbocycles. The third-order valence-corrected chi connectivity index (χ3v) is 2.11. The van der Waals surface area contributed by atoms with Gasteiger partial charge in [-0.25, -0.2) is 0 Å². The lowest BCUT2D eigenvalue weighted by Crippen LogP contribution is -2.38. The van der Waals surface area contributed by atoms with Crippen LogP contribution < -0.4 is 5.32 Å². The van der Waals surface area contributed by atoms with Gasteiger partial charge in [0.05, 0.1) is 7.11 Å². The molecule has 0 heterocycles. The highest BCUT2D eigenvalue weighted by atomic mass is 35.5. The lowest BCUT2D eigenvalue weighted by atomic mass is 10.0. The zero-order chi connectivity index (χ0) is 11.7. The number of carbonyl (C=O) groups is 1. The van der Waals surface area contributed by atoms with Crippen molar-refractivity contribution in [3.63, 3.8) is 0 Å². The Morgan fingerprint density at radius 2 is 2.13 bits per heavy atom. The molecule has 88 valence electrons. The summed E-state index contributed by atoms with van der Waals surface area (Å²) >= 11 is 5.48. The Balaban J connectivity index is 4.01. The minimum absolute atomic E-state index is 0.206. The molecule has 3 nitrogen and oxygen atoms in total. The quantitative estimate of drug-likeness (QED) is 0.415. The molecular formula is C11H20ClNO2. The van der Waals surface area contributed by atoms with Gasteiger partial charge in [-0.3, -0.25) is 4.79 Å². The second-order valence-electron chi connectivity index (χ2n) is 3.74. The van der Waals surface area contributed by atoms with Gasteiger partial charge in [0.2, 0.25) is 0 Å². The minimum atomic E-state index is -0.227. The molecule has 0 saturated heterocycles. The molecule has 0 fully saturated rings. The van der Waals surface area contributed by atoms with E-state index < -0.39 is 0 Å². The van der Waals surface area contributed by atoms with Crippen LogP contribution in [0.25, 0.3) is 0 Å². The van der Waals surface area contributed by atoms with E-state index in [2.05, 4.69) is 19.2 Å². The maximum absolute atomic E-state index is 11.4. The summed E-state index contributed by atoms with van der Waals surface area (Å²) in [6, 6.07) is -0.227. The predicted octanol–water partition coefficient (Wildman–Crippen LogP) is 1.96. The molecule has 0 aliphatic rings. The highest BCUT2D eigenvalue weighted by molar-refractivity contribution is 6.18. The monoisotopic (exact) mass is 233 g/mol. The van der Waals surface area contributed by atoms with E-state index in [1.807, 2.05) is 12.2 Å². The van der Waals surface area contributed by atoms with E-state index in [1.54, 1.807) is 0 Å². The smallest absolute Gasteiger partial charge is 0.322 e. The number of halogens is 1. The van der Waals surface area contributed by atoms with Gasteiger partial charge in [0, 0.05) is 12.4 Å². The molecule has 0 aromatic heterocycles. The number of allylic oxidation sites excluding steroid dienone is 1. The van der Waals surface area contributed by atoms with Gasteiger partial charge in [0.1, 0.15) is 6.04 Å². The lowest BCUT2D eigenvalue weighted by molar-refractivity contribution is -0.143. The van der Waals surface area contributed by atoms with Crippen LogP contribution in [-0.2, 0) is 9.53 Å². The Bertz CT molecular complexity index is 205. The Labute approximate surface area is 96.8 Å². The Hall–Kier alpha value is -0.540. The van der Waals surface area contributed by atoms with Gasteiger partial charge in [0.15, 0.2) is 0 Å². The van der Waals surface area contributed by atoms with Crippen molar-refractivity contribution in [2.24, 2.45) is 5.92 Å². The van der Waals surface area contributed by atoms with Gasteiger partial charge in [-0.1, -0.05) is 26.0 Å². The van der Waals surface area contributed by atoms with Crippen LogP contribution in [0, 0.1) is 5.92 Å². The molecule has 0 aromatic rings. The number of esters is 1. The van der Waals surface area contributed by atoms with Crippen LogP contribution in [0.15, 0.2) is 12.2 Å². The van der Waals surface area contributed by atoms with Crippen molar-refractivity contribution < 1.29 is 9.53 Å². The van der Waals surface area contributed by atoms with Crippen LogP contribution in [0.1, 0.15) is 20.3 Å². The van der Waals surface area contributed by atoms with Crippen molar-refractivity contribution >= 4 is 17.6 Å². The van der Waals surface area contributed by atoms with E-state index >= 15 is 0 Å². The number of hydrogen-bond donors (Lipinski definition) is 1. The van der Waals surface area contributed by atoms with Crippen LogP contribution in [0.3, 0.4) is 0 Å². The average molecular weight is 234 g/mol. The standard InChI is InChI=1S/C11H20ClNO2/c1-9(2)8-10(11(14)15-3)13-7-5-4-6-12/h4-5,9-10,13H,6-8H2,1-3H3/b5-4+. The molecule has 0 rings (SSSR count). The SMILES string of the molecule is COC(=O)C(CC(C)C)NC/C=C/CCl. The Kier molecular flexibility index (Phi) is 8.43. The van der Waals surface area contributed by atoms with Crippen LogP contribution in [0.2, 0.25) is 0 Å². The summed E-state index contributed by atoms with van der Waals surface area (Å²) in [6.45, 7) is 4.79. The van der Waals surface area contributed by atoms with Crippen LogP contribution in [0.5, 0.6) is 0 Å². The first-order valence-corrected chi connectivity index (χ1v) is 5.67. The summed E-state index contributed by atoms with van der Waals surface area (Å²) in [4.78, 5) is 11.4. The summed E-state index contributed by atoms with van der Waals surface area (Å²) in [5.41, 5.74) is 0. The molecule has 1 N–H and O–H groups in total. The third kappa shape index (κ3) is 7.40. The van der Waals surface area contributed by atoms with E-state index in [-0.39, 0.29) is 12.0 Å². The molecule has 1 atom stereocenters. The molecular weight excluding hydrogens is 214 g/mol. The van der Waals surface area contributed by atoms with Crippen LogP contribution in [0.4, 0.5) is 0 Å². The highest BCUT2D eigenvalue weighted by Gasteiger charge is 2.18. The Morgan fingerprint density at radius 3 is 2.60 bits per heavy atom. The molecule has 15 heavy (non-hydrogen) atoms. The highest BCUT2D eigenvalue weighted by Crippen LogP contribution is 2.05. The normalized spacial score (nSPS) is 13.4. The molecule has 0 aliphatic carbocycles. The molecule has 0 bridgehead atoms. The first-order valence-electron chi connectivity index (χ1n) is 5.14. The fraction of sp³-hybridized carbons (Fsp3) is 0.727. The van der Waals surface area contributed by atoms with E-state index in [0.29, 0.717) is 18.3 Å². The second-order valence-corrected chi connectivity index (χ2v) is 4.05. The maximum atomic E-state index is 11.4. The number of hydrogen-bond acceptors (Lipinski definition) is 3. The number of methoxy groups -OCH3 is 1. The fourth-order valence-electron chi connectivity index (χ4n) is 1.23. The molecule has 0 radical (unpaired) electrons. The van der Waals surface area contributed by atoms with Gasteiger partial charge < -0.3 is 10.1 Å². The average Bonchev–Trinajstić information content (AvgIpc) is 2.21. The first-order chi connectivity index (χ1) is 7.11. The van der Waals surface area contributed by atoms with Gasteiger partial charge in [-0.05, 0) is 12.3 Å². The minimum Gasteiger partial charge on any atom is -0.468 e. The second kappa shape index (κ2) is 8.74. The van der Waals surface area contributed by atoms with Crippen molar-refractivity contribution in [1.82, 2.24) is 5.32 Å². The van der Waals surface area contributed by atoms with Crippen molar-refractivity contribution in [1.29, 1.82) is 0 Å². The lowest BCUT2D eigenvalue weighted by Gasteiger charge is -2.17. The summed E-state index contributed by atoms with van der Waals surface area (Å²) in [7, 11) is 1.41. The number of alkyl halides is 1. The van der Waals surface area contributed by atoms with Gasteiger partial charge in [-0.15, -0.1) is 11.6 Å². The van der Waals surface area contributed by atoms with E-state index in [9.17, 15) is 4.79 Å². The number of nitrogens with one attached hydrogen (secondary N) is 1. The van der Waals surface area contributed by atoms with Crippen molar-refractivity contribution in [2.45, 2.75) is 26.3 Å². The summed E-state index contributed by atoms with van der Waals surface area (Å²) in [5, 5.41) is 3.12. The summed E-state index contributed by atoms with van der Waals surface area (Å²) in [6.07, 6.45) is 4.53. The predicted molar refractivity (Wildman–Crippen MR) is 63.1 cm³/mol. The fourth-order valence-corrected chi connectivity index (χ4v) is 1.36. The molecule has 0 aliphatic heterocycles. The molecule has 0 spiro atoms. The van der Waals surface area contributed by atoms with E-state index in [1.165, 1.54) is 7.11 Å². The van der Waals surface area contributed by atoms with Crippen molar-refractivity contribution in [3.8, 4) is 0 Å². The Morgan fingerprint density at radius 1 is 1.47 bits per heavy atom. The number of rotatable bonds is 7. The van der Waals surface area contributed by atoms with Crippen molar-refractivity contribution in [3.05, 3.63) is 12.2 Å². The number of carbonyl (C=O) groups excluding carboxylic acids is 1. The van der Waals surface area contributed by atoms with Crippen molar-refractivity contribution in [2.75, 3.05) is 19.5 Å². The molecule has 0 amide bonds. The first kappa shape index (κ1) is 14.5. The molecule has 1 unspecified atom stereocenters. The molecule has 4 heteroatoms. The van der Waals surface area contributed by atoms with Gasteiger partial charge in [0.25, 0.3) is 0 Å². The summed E-state index contributed by atoms with van der Waals surface area (Å²) < 4.78 is 4.72. The zero-order valence-electron chi connectivity index (χ0n) is 9.63. The largest absolute Gasteiger partial charge is 0.468 e. The van der Waals surface area contributed by atoms with Crippen LogP contribution in [-0.4, -0.2) is 31.5 Å². The molecule has 0 aromatic carbocycles. The number of ether oxygens (including phenoxy) is 1. The topological polar surface area (TPSA) is 38.3 Å².